The van der Waals surface area contributed by atoms with Gasteiger partial charge in [0.15, 0.2) is 5.78 Å². The monoisotopic (exact) mass is 570 g/mol. The Morgan fingerprint density at radius 3 is 1.92 bits per heavy atom. The van der Waals surface area contributed by atoms with E-state index in [1.165, 1.54) is 7.11 Å². The van der Waals surface area contributed by atoms with Crippen molar-refractivity contribution in [3.63, 3.8) is 0 Å². The van der Waals surface area contributed by atoms with Crippen molar-refractivity contribution in [1.29, 1.82) is 0 Å². The third-order valence-electron chi connectivity index (χ3n) is 8.52. The van der Waals surface area contributed by atoms with E-state index in [4.69, 9.17) is 16.2 Å². The van der Waals surface area contributed by atoms with Gasteiger partial charge in [-0.05, 0) is 64.5 Å². The van der Waals surface area contributed by atoms with Crippen molar-refractivity contribution in [2.75, 3.05) is 7.11 Å². The zero-order chi connectivity index (χ0) is 27.4. The Balaban J connectivity index is 0.00000361. The molecule has 1 fully saturated rings. The Labute approximate surface area is 236 Å². The molecule has 0 saturated heterocycles. The van der Waals surface area contributed by atoms with E-state index < -0.39 is 34.9 Å². The summed E-state index contributed by atoms with van der Waals surface area (Å²) in [6.45, 7) is 10.8. The second-order valence-electron chi connectivity index (χ2n) is 11.3. The fraction of sp³-hybridized carbons (Fsp3) is 0.536. The highest BCUT2D eigenvalue weighted by molar-refractivity contribution is 5.97. The minimum absolute atomic E-state index is 0. The summed E-state index contributed by atoms with van der Waals surface area (Å²) in [5.74, 6) is -3.27. The van der Waals surface area contributed by atoms with Crippen molar-refractivity contribution in [1.82, 2.24) is 0 Å². The highest BCUT2D eigenvalue weighted by Gasteiger charge is 2.55. The summed E-state index contributed by atoms with van der Waals surface area (Å²) in [6, 6.07) is 3.21. The van der Waals surface area contributed by atoms with Crippen LogP contribution >= 0.6 is 24.8 Å². The van der Waals surface area contributed by atoms with E-state index in [-0.39, 0.29) is 64.7 Å². The molecule has 8 nitrogen and oxygen atoms in total. The van der Waals surface area contributed by atoms with E-state index >= 15 is 0 Å². The molecule has 2 unspecified atom stereocenters. The summed E-state index contributed by atoms with van der Waals surface area (Å²) in [5.41, 5.74) is 10.6. The number of nitrogens with two attached hydrogens (primary N) is 2. The highest BCUT2D eigenvalue weighted by Crippen LogP contribution is 2.58. The van der Waals surface area contributed by atoms with Crippen LogP contribution in [0.3, 0.4) is 0 Å². The summed E-state index contributed by atoms with van der Waals surface area (Å²) < 4.78 is 5.60. The maximum Gasteiger partial charge on any atom is 0.328 e. The van der Waals surface area contributed by atoms with Crippen molar-refractivity contribution in [2.45, 2.75) is 59.0 Å². The number of halogens is 2. The van der Waals surface area contributed by atoms with Crippen molar-refractivity contribution in [3.05, 3.63) is 46.5 Å². The van der Waals surface area contributed by atoms with Crippen LogP contribution in [0.2, 0.25) is 0 Å². The number of hydrogen-bond acceptors (Lipinski definition) is 6. The number of carboxylic acids is 2. The van der Waals surface area contributed by atoms with Gasteiger partial charge in [-0.2, -0.15) is 0 Å². The van der Waals surface area contributed by atoms with Gasteiger partial charge in [0, 0.05) is 11.5 Å². The van der Waals surface area contributed by atoms with Crippen LogP contribution in [-0.2, 0) is 25.5 Å². The lowest BCUT2D eigenvalue weighted by Crippen LogP contribution is -2.55. The molecule has 0 radical (unpaired) electrons. The van der Waals surface area contributed by atoms with Gasteiger partial charge >= 0.3 is 11.9 Å². The molecule has 0 heterocycles. The summed E-state index contributed by atoms with van der Waals surface area (Å²) in [7, 11) is 1.38. The van der Waals surface area contributed by atoms with Crippen molar-refractivity contribution in [3.8, 4) is 5.75 Å². The first-order valence-electron chi connectivity index (χ1n) is 12.2. The first-order chi connectivity index (χ1) is 16.5. The topological polar surface area (TPSA) is 153 Å². The molecule has 1 aromatic carbocycles. The maximum atomic E-state index is 12.5. The van der Waals surface area contributed by atoms with Crippen LogP contribution in [0.25, 0.3) is 6.08 Å². The fourth-order valence-corrected chi connectivity index (χ4v) is 5.66. The van der Waals surface area contributed by atoms with Gasteiger partial charge in [-0.25, -0.2) is 9.59 Å². The number of fused-ring (bicyclic) bond motifs is 1. The number of ketones is 1. The van der Waals surface area contributed by atoms with E-state index in [1.54, 1.807) is 52.0 Å². The molecule has 4 atom stereocenters. The second kappa shape index (κ2) is 11.4. The molecule has 10 heteroatoms. The Morgan fingerprint density at radius 2 is 1.53 bits per heavy atom. The minimum atomic E-state index is -1.96. The van der Waals surface area contributed by atoms with E-state index in [0.29, 0.717) is 5.56 Å². The van der Waals surface area contributed by atoms with Gasteiger partial charge in [-0.3, -0.25) is 4.79 Å². The van der Waals surface area contributed by atoms with E-state index in [9.17, 15) is 24.6 Å². The zero-order valence-electron chi connectivity index (χ0n) is 22.9. The number of carbonyl (C=O) groups is 3. The Morgan fingerprint density at radius 1 is 1.00 bits per heavy atom. The van der Waals surface area contributed by atoms with Gasteiger partial charge in [-0.1, -0.05) is 53.7 Å². The summed E-state index contributed by atoms with van der Waals surface area (Å²) >= 11 is 0. The average Bonchev–Trinajstić information content (AvgIpc) is 2.79. The smallest absolute Gasteiger partial charge is 0.328 e. The molecule has 3 aliphatic carbocycles. The van der Waals surface area contributed by atoms with Crippen LogP contribution in [0.4, 0.5) is 0 Å². The van der Waals surface area contributed by atoms with Crippen molar-refractivity contribution < 1.29 is 29.3 Å². The van der Waals surface area contributed by atoms with E-state index in [2.05, 4.69) is 13.8 Å². The van der Waals surface area contributed by atoms with Crippen LogP contribution in [-0.4, -0.2) is 35.0 Å². The molecule has 38 heavy (non-hydrogen) atoms. The third-order valence-corrected chi connectivity index (χ3v) is 8.52. The lowest BCUT2D eigenvalue weighted by Gasteiger charge is -2.54. The predicted octanol–water partition coefficient (Wildman–Crippen LogP) is 4.51. The van der Waals surface area contributed by atoms with Crippen LogP contribution < -0.4 is 16.2 Å². The van der Waals surface area contributed by atoms with Crippen LogP contribution in [0.5, 0.6) is 5.75 Å². The van der Waals surface area contributed by atoms with Gasteiger partial charge in [0.05, 0.1) is 7.11 Å². The average molecular weight is 572 g/mol. The Bertz CT molecular complexity index is 1180. The highest BCUT2D eigenvalue weighted by atomic mass is 35.5. The molecule has 4 rings (SSSR count). The number of ether oxygens (including phenoxy) is 1. The van der Waals surface area contributed by atoms with Gasteiger partial charge in [0.25, 0.3) is 0 Å². The van der Waals surface area contributed by atoms with E-state index in [1.807, 2.05) is 6.08 Å². The van der Waals surface area contributed by atoms with Gasteiger partial charge in [0.1, 0.15) is 16.8 Å². The predicted molar refractivity (Wildman–Crippen MR) is 152 cm³/mol. The molecular formula is C28H40Cl2N2O6. The van der Waals surface area contributed by atoms with E-state index in [0.717, 1.165) is 12.0 Å². The number of rotatable bonds is 9. The number of carboxylic acid groups (broad SMARTS) is 2. The number of hydrogen-bond donors (Lipinski definition) is 4. The zero-order valence-corrected chi connectivity index (χ0v) is 24.5. The van der Waals surface area contributed by atoms with Gasteiger partial charge in [0.2, 0.25) is 0 Å². The number of carbonyl (C=O) groups excluding carboxylic acids is 1. The molecule has 0 aliphatic heterocycles. The number of aliphatic carboxylic acids is 2. The molecule has 1 saturated carbocycles. The molecule has 2 bridgehead atoms. The second-order valence-corrected chi connectivity index (χ2v) is 11.3. The third kappa shape index (κ3) is 4.99. The molecule has 0 aromatic heterocycles. The normalized spacial score (nSPS) is 22.9. The molecule has 1 aromatic rings. The Kier molecular flexibility index (Phi) is 10.1. The number of benzene rings is 1. The number of allylic oxidation sites excluding steroid dienone is 3. The van der Waals surface area contributed by atoms with Crippen LogP contribution in [0.15, 0.2) is 29.9 Å². The minimum Gasteiger partial charge on any atom is -0.496 e. The summed E-state index contributed by atoms with van der Waals surface area (Å²) in [4.78, 5) is 37.5. The number of methoxy groups -OCH3 is 1. The SMILES string of the molecule is COc1cc(/C=C/C2=CC(=O)[C@H]3C[C@@H]2C3(C)C)cc(C(N)(C(=O)O)C(C)C)c1C(N)(C(=O)O)C(C)C.Cl.Cl. The van der Waals surface area contributed by atoms with Crippen molar-refractivity contribution in [2.24, 2.45) is 40.6 Å². The van der Waals surface area contributed by atoms with Gasteiger partial charge in [-0.15, -0.1) is 24.8 Å². The molecule has 3 aliphatic rings. The lowest BCUT2D eigenvalue weighted by molar-refractivity contribution is -0.148. The molecule has 6 N–H and O–H groups in total. The first-order valence-corrected chi connectivity index (χ1v) is 12.2. The molecule has 212 valence electrons. The lowest BCUT2D eigenvalue weighted by atomic mass is 9.48. The van der Waals surface area contributed by atoms with Crippen molar-refractivity contribution >= 4 is 48.6 Å². The quantitative estimate of drug-likeness (QED) is 0.338. The fourth-order valence-electron chi connectivity index (χ4n) is 5.66. The first kappa shape index (κ1) is 33.6. The van der Waals surface area contributed by atoms with Crippen LogP contribution in [0, 0.1) is 29.1 Å². The summed E-state index contributed by atoms with van der Waals surface area (Å²) in [5, 5.41) is 20.4. The molecule has 0 amide bonds. The Hall–Kier alpha value is -2.39. The largest absolute Gasteiger partial charge is 0.496 e. The standard InChI is InChI=1S/C28H38N2O6.2ClH/c1-14(2)27(29,24(32)33)20-10-16(8-9-17-12-21(31)19-13-18(17)26(19,5)6)11-22(36-7)23(20)28(30,15(3)4)25(34)35;;/h8-12,14-15,18-19H,13,29-30H2,1-7H3,(H,32,33)(H,34,35);2*1H/b9-8+;;/t18-,19+,27?,28?;;/m0../s1. The van der Waals surface area contributed by atoms with Crippen LogP contribution in [0.1, 0.15) is 64.7 Å². The maximum absolute atomic E-state index is 12.5. The summed E-state index contributed by atoms with van der Waals surface area (Å²) in [6.07, 6.45) is 6.14. The molecule has 0 spiro atoms. The van der Waals surface area contributed by atoms with Gasteiger partial charge < -0.3 is 26.4 Å². The molecular weight excluding hydrogens is 531 g/mol.